The molecule has 0 fully saturated rings. The van der Waals surface area contributed by atoms with Crippen molar-refractivity contribution in [3.8, 4) is 17.2 Å². The van der Waals surface area contributed by atoms with Gasteiger partial charge in [0.05, 0.1) is 13.7 Å². The van der Waals surface area contributed by atoms with Crippen LogP contribution in [0.25, 0.3) is 0 Å². The molecule has 0 aliphatic carbocycles. The quantitative estimate of drug-likeness (QED) is 0.654. The maximum Gasteiger partial charge on any atom is 0.231 e. The molecule has 1 aliphatic rings. The molecule has 1 aliphatic heterocycles. The molecule has 0 saturated carbocycles. The third-order valence-corrected chi connectivity index (χ3v) is 3.18. The standard InChI is InChI=1S/C16H17NO4/c1-18-14-7-13(8-15-16(14)20-11-19-15)9-17-21-10-12-5-3-2-4-6-12/h2-8,17H,9-11H2,1H3. The van der Waals surface area contributed by atoms with Crippen molar-refractivity contribution in [2.24, 2.45) is 0 Å². The van der Waals surface area contributed by atoms with Crippen molar-refractivity contribution in [3.63, 3.8) is 0 Å². The molecule has 0 atom stereocenters. The average Bonchev–Trinajstić information content (AvgIpc) is 3.00. The predicted octanol–water partition coefficient (Wildman–Crippen LogP) is 2.65. The molecule has 0 bridgehead atoms. The Hall–Kier alpha value is -2.24. The first-order valence-corrected chi connectivity index (χ1v) is 6.72. The molecule has 0 spiro atoms. The van der Waals surface area contributed by atoms with Crippen LogP contribution >= 0.6 is 0 Å². The lowest BCUT2D eigenvalue weighted by atomic mass is 10.2. The van der Waals surface area contributed by atoms with Crippen LogP contribution in [0.5, 0.6) is 17.2 Å². The van der Waals surface area contributed by atoms with E-state index in [9.17, 15) is 0 Å². The zero-order valence-electron chi connectivity index (χ0n) is 11.8. The maximum absolute atomic E-state index is 5.45. The van der Waals surface area contributed by atoms with E-state index >= 15 is 0 Å². The lowest BCUT2D eigenvalue weighted by Crippen LogP contribution is -2.13. The van der Waals surface area contributed by atoms with Gasteiger partial charge in [-0.3, -0.25) is 4.84 Å². The number of hydrogen-bond donors (Lipinski definition) is 1. The topological polar surface area (TPSA) is 49.0 Å². The van der Waals surface area contributed by atoms with Crippen molar-refractivity contribution in [1.82, 2.24) is 5.48 Å². The largest absolute Gasteiger partial charge is 0.493 e. The molecular weight excluding hydrogens is 270 g/mol. The minimum atomic E-state index is 0.229. The molecule has 21 heavy (non-hydrogen) atoms. The molecule has 1 heterocycles. The summed E-state index contributed by atoms with van der Waals surface area (Å²) in [4.78, 5) is 5.45. The van der Waals surface area contributed by atoms with Crippen LogP contribution in [0.15, 0.2) is 42.5 Å². The number of hydroxylamine groups is 1. The zero-order chi connectivity index (χ0) is 14.5. The molecule has 0 unspecified atom stereocenters. The number of rotatable bonds is 6. The molecule has 5 nitrogen and oxygen atoms in total. The van der Waals surface area contributed by atoms with Crippen molar-refractivity contribution >= 4 is 0 Å². The van der Waals surface area contributed by atoms with E-state index in [4.69, 9.17) is 19.0 Å². The average molecular weight is 287 g/mol. The highest BCUT2D eigenvalue weighted by atomic mass is 16.7. The summed E-state index contributed by atoms with van der Waals surface area (Å²) in [5.74, 6) is 2.03. The van der Waals surface area contributed by atoms with Gasteiger partial charge in [-0.1, -0.05) is 30.3 Å². The lowest BCUT2D eigenvalue weighted by Gasteiger charge is -2.09. The van der Waals surface area contributed by atoms with E-state index in [0.717, 1.165) is 11.1 Å². The van der Waals surface area contributed by atoms with E-state index in [1.165, 1.54) is 0 Å². The summed E-state index contributed by atoms with van der Waals surface area (Å²) in [6.07, 6.45) is 0. The van der Waals surface area contributed by atoms with Gasteiger partial charge in [0.25, 0.3) is 0 Å². The van der Waals surface area contributed by atoms with Crippen LogP contribution < -0.4 is 19.7 Å². The van der Waals surface area contributed by atoms with Gasteiger partial charge in [0.2, 0.25) is 12.5 Å². The molecule has 0 aromatic heterocycles. The Morgan fingerprint density at radius 2 is 1.95 bits per heavy atom. The predicted molar refractivity (Wildman–Crippen MR) is 77.2 cm³/mol. The minimum absolute atomic E-state index is 0.229. The Labute approximate surface area is 123 Å². The van der Waals surface area contributed by atoms with Crippen molar-refractivity contribution in [3.05, 3.63) is 53.6 Å². The lowest BCUT2D eigenvalue weighted by molar-refractivity contribution is 0.0234. The second-order valence-corrected chi connectivity index (χ2v) is 4.63. The second kappa shape index (κ2) is 6.47. The normalized spacial score (nSPS) is 12.4. The van der Waals surface area contributed by atoms with E-state index in [-0.39, 0.29) is 6.79 Å². The summed E-state index contributed by atoms with van der Waals surface area (Å²) in [5.41, 5.74) is 5.06. The summed E-state index contributed by atoms with van der Waals surface area (Å²) in [7, 11) is 1.61. The van der Waals surface area contributed by atoms with E-state index in [1.54, 1.807) is 7.11 Å². The van der Waals surface area contributed by atoms with Crippen LogP contribution in [-0.4, -0.2) is 13.9 Å². The first-order chi connectivity index (χ1) is 10.4. The number of ether oxygens (including phenoxy) is 3. The Kier molecular flexibility index (Phi) is 4.23. The number of fused-ring (bicyclic) bond motifs is 1. The van der Waals surface area contributed by atoms with Gasteiger partial charge >= 0.3 is 0 Å². The molecule has 1 N–H and O–H groups in total. The number of methoxy groups -OCH3 is 1. The summed E-state index contributed by atoms with van der Waals surface area (Å²) < 4.78 is 16.0. The summed E-state index contributed by atoms with van der Waals surface area (Å²) >= 11 is 0. The van der Waals surface area contributed by atoms with E-state index in [1.807, 2.05) is 42.5 Å². The van der Waals surface area contributed by atoms with E-state index in [0.29, 0.717) is 30.4 Å². The molecule has 0 amide bonds. The molecule has 0 radical (unpaired) electrons. The first-order valence-electron chi connectivity index (χ1n) is 6.72. The third-order valence-electron chi connectivity index (χ3n) is 3.18. The maximum atomic E-state index is 5.45. The van der Waals surface area contributed by atoms with Crippen LogP contribution in [0.4, 0.5) is 0 Å². The smallest absolute Gasteiger partial charge is 0.231 e. The highest BCUT2D eigenvalue weighted by Gasteiger charge is 2.19. The van der Waals surface area contributed by atoms with Crippen LogP contribution in [0.1, 0.15) is 11.1 Å². The van der Waals surface area contributed by atoms with Crippen LogP contribution in [0.2, 0.25) is 0 Å². The Morgan fingerprint density at radius 3 is 2.76 bits per heavy atom. The SMILES string of the molecule is COc1cc(CNOCc2ccccc2)cc2c1OCO2. The molecule has 3 rings (SSSR count). The molecular formula is C16H17NO4. The van der Waals surface area contributed by atoms with Crippen LogP contribution in [-0.2, 0) is 18.0 Å². The van der Waals surface area contributed by atoms with Crippen molar-refractivity contribution < 1.29 is 19.0 Å². The first kappa shape index (κ1) is 13.7. The molecule has 2 aromatic carbocycles. The van der Waals surface area contributed by atoms with E-state index in [2.05, 4.69) is 5.48 Å². The van der Waals surface area contributed by atoms with Gasteiger partial charge in [-0.15, -0.1) is 0 Å². The summed E-state index contributed by atoms with van der Waals surface area (Å²) in [6.45, 7) is 1.30. The summed E-state index contributed by atoms with van der Waals surface area (Å²) in [5, 5.41) is 0. The fraction of sp³-hybridized carbons (Fsp3) is 0.250. The van der Waals surface area contributed by atoms with Gasteiger partial charge in [0, 0.05) is 6.54 Å². The minimum Gasteiger partial charge on any atom is -0.493 e. The third kappa shape index (κ3) is 3.26. The zero-order valence-corrected chi connectivity index (χ0v) is 11.8. The van der Waals surface area contributed by atoms with Gasteiger partial charge in [-0.25, -0.2) is 0 Å². The highest BCUT2D eigenvalue weighted by molar-refractivity contribution is 5.55. The molecule has 5 heteroatoms. The summed E-state index contributed by atoms with van der Waals surface area (Å²) in [6, 6.07) is 13.8. The molecule has 110 valence electrons. The highest BCUT2D eigenvalue weighted by Crippen LogP contribution is 2.41. The van der Waals surface area contributed by atoms with Crippen molar-refractivity contribution in [2.45, 2.75) is 13.2 Å². The van der Waals surface area contributed by atoms with Gasteiger partial charge in [0.15, 0.2) is 11.5 Å². The van der Waals surface area contributed by atoms with Crippen LogP contribution in [0.3, 0.4) is 0 Å². The fourth-order valence-corrected chi connectivity index (χ4v) is 2.13. The van der Waals surface area contributed by atoms with Crippen molar-refractivity contribution in [2.75, 3.05) is 13.9 Å². The second-order valence-electron chi connectivity index (χ2n) is 4.63. The van der Waals surface area contributed by atoms with Gasteiger partial charge in [0.1, 0.15) is 0 Å². The Balaban J connectivity index is 1.56. The number of benzene rings is 2. The van der Waals surface area contributed by atoms with E-state index < -0.39 is 0 Å². The number of hydrogen-bond acceptors (Lipinski definition) is 5. The molecule has 2 aromatic rings. The van der Waals surface area contributed by atoms with Crippen molar-refractivity contribution in [1.29, 1.82) is 0 Å². The Bertz CT molecular complexity index is 601. The number of nitrogens with one attached hydrogen (secondary N) is 1. The fourth-order valence-electron chi connectivity index (χ4n) is 2.13. The molecule has 0 saturated heterocycles. The monoisotopic (exact) mass is 287 g/mol. The van der Waals surface area contributed by atoms with Crippen LogP contribution in [0, 0.1) is 0 Å². The van der Waals surface area contributed by atoms with Gasteiger partial charge in [-0.05, 0) is 23.3 Å². The van der Waals surface area contributed by atoms with Gasteiger partial charge in [-0.2, -0.15) is 5.48 Å². The Morgan fingerprint density at radius 1 is 1.10 bits per heavy atom. The van der Waals surface area contributed by atoms with Gasteiger partial charge < -0.3 is 14.2 Å².